The van der Waals surface area contributed by atoms with Crippen molar-refractivity contribution in [3.05, 3.63) is 436 Å². The number of para-hydroxylation sites is 3. The van der Waals surface area contributed by atoms with E-state index in [4.69, 9.17) is 43.2 Å². The van der Waals surface area contributed by atoms with Gasteiger partial charge in [0.1, 0.15) is 33.5 Å². The monoisotopic (exact) mass is 1790 g/mol. The molecule has 9 heteroatoms. The fourth-order valence-electron chi connectivity index (χ4n) is 22.2. The van der Waals surface area contributed by atoms with E-state index in [1.807, 2.05) is 18.6 Å². The van der Waals surface area contributed by atoms with Crippen LogP contribution in [0.1, 0.15) is 51.7 Å². The summed E-state index contributed by atoms with van der Waals surface area (Å²) >= 11 is 0. The SMILES string of the molecule is CC(C)(C)c1cccc2c1oc1c(-c3cccc(-c4cnc5c6ccccc6c6ccccc6c5n4)c3)cc3ccccc3c12.CC(C)c1cccc2c1oc1c(-c3cccc(-c4cnc5c6ccccc6c6ccccc6c5n4)c3)cc3ccccc3c12.c1cc(-c2cnc3c4ccccc4c4ccccc4c3n2)cc(-c2cc3ccccc3c3c2oc2c(-c4cccc5ccccc45)cccc23)c1. The van der Waals surface area contributed by atoms with Crippen LogP contribution in [-0.2, 0) is 5.41 Å². The van der Waals surface area contributed by atoms with Crippen molar-refractivity contribution < 1.29 is 13.3 Å². The Kier molecular flexibility index (Phi) is 18.9. The number of hydrogen-bond acceptors (Lipinski definition) is 9. The van der Waals surface area contributed by atoms with Crippen LogP contribution in [-0.4, -0.2) is 29.9 Å². The maximum atomic E-state index is 7.04. The molecule has 23 aromatic carbocycles. The van der Waals surface area contributed by atoms with Gasteiger partial charge in [-0.25, -0.2) is 15.0 Å². The highest BCUT2D eigenvalue weighted by molar-refractivity contribution is 6.30. The van der Waals surface area contributed by atoms with Crippen LogP contribution in [0.15, 0.2) is 438 Å². The second kappa shape index (κ2) is 32.4. The number of furan rings is 3. The van der Waals surface area contributed by atoms with E-state index >= 15 is 0 Å². The van der Waals surface area contributed by atoms with E-state index in [1.54, 1.807) is 0 Å². The van der Waals surface area contributed by atoms with Gasteiger partial charge in [-0.3, -0.25) is 15.0 Å². The quantitative estimate of drug-likeness (QED) is 0.137. The fraction of sp³-hybridized carbons (Fsp3) is 0.0534. The van der Waals surface area contributed by atoms with Crippen LogP contribution in [0.5, 0.6) is 0 Å². The summed E-state index contributed by atoms with van der Waals surface area (Å²) in [6.45, 7) is 11.2. The molecule has 9 nitrogen and oxygen atoms in total. The summed E-state index contributed by atoms with van der Waals surface area (Å²) in [5.74, 6) is 0.358. The number of aromatic nitrogens is 6. The predicted octanol–water partition coefficient (Wildman–Crippen LogP) is 36.2. The summed E-state index contributed by atoms with van der Waals surface area (Å²) in [6.07, 6.45) is 5.74. The fourth-order valence-corrected chi connectivity index (χ4v) is 22.2. The van der Waals surface area contributed by atoms with Crippen molar-refractivity contribution in [2.24, 2.45) is 0 Å². The molecule has 0 saturated heterocycles. The zero-order valence-corrected chi connectivity index (χ0v) is 77.4. The largest absolute Gasteiger partial charge is 0.455 e. The minimum Gasteiger partial charge on any atom is -0.455 e. The predicted molar refractivity (Wildman–Crippen MR) is 586 cm³/mol. The summed E-state index contributed by atoms with van der Waals surface area (Å²) in [7, 11) is 0. The summed E-state index contributed by atoms with van der Waals surface area (Å²) in [6, 6.07) is 144. The lowest BCUT2D eigenvalue weighted by molar-refractivity contribution is 0.573. The van der Waals surface area contributed by atoms with Crippen molar-refractivity contribution in [3.63, 3.8) is 0 Å². The first-order valence-electron chi connectivity index (χ1n) is 48.0. The van der Waals surface area contributed by atoms with E-state index in [0.717, 1.165) is 188 Å². The van der Waals surface area contributed by atoms with Crippen molar-refractivity contribution in [2.45, 2.75) is 46.0 Å². The van der Waals surface area contributed by atoms with E-state index in [1.165, 1.54) is 108 Å². The maximum Gasteiger partial charge on any atom is 0.143 e. The second-order valence-electron chi connectivity index (χ2n) is 38.2. The van der Waals surface area contributed by atoms with Gasteiger partial charge in [-0.15, -0.1) is 0 Å². The van der Waals surface area contributed by atoms with Crippen LogP contribution >= 0.6 is 0 Å². The molecule has 140 heavy (non-hydrogen) atoms. The average molecular weight is 1790 g/mol. The molecule has 0 radical (unpaired) electrons. The van der Waals surface area contributed by atoms with Gasteiger partial charge in [0.2, 0.25) is 0 Å². The number of fused-ring (bicyclic) bond motifs is 34. The van der Waals surface area contributed by atoms with Crippen LogP contribution in [0.2, 0.25) is 0 Å². The lowest BCUT2D eigenvalue weighted by Gasteiger charge is -2.18. The molecule has 0 aliphatic heterocycles. The zero-order valence-electron chi connectivity index (χ0n) is 77.4. The molecule has 0 bridgehead atoms. The van der Waals surface area contributed by atoms with Gasteiger partial charge >= 0.3 is 0 Å². The first-order chi connectivity index (χ1) is 68.9. The van der Waals surface area contributed by atoms with Crippen LogP contribution < -0.4 is 0 Å². The van der Waals surface area contributed by atoms with Gasteiger partial charge in [0.15, 0.2) is 0 Å². The molecule has 29 aromatic rings. The molecule has 0 aliphatic carbocycles. The molecule has 6 heterocycles. The summed E-state index contributed by atoms with van der Waals surface area (Å²) in [5.41, 5.74) is 27.8. The lowest BCUT2D eigenvalue weighted by atomic mass is 9.85. The Bertz CT molecular complexity index is 10200. The molecule has 0 saturated carbocycles. The third-order valence-corrected chi connectivity index (χ3v) is 28.7. The highest BCUT2D eigenvalue weighted by Crippen LogP contribution is 2.51. The zero-order chi connectivity index (χ0) is 93.1. The van der Waals surface area contributed by atoms with Crippen LogP contribution in [0.3, 0.4) is 0 Å². The molecule has 658 valence electrons. The number of nitrogens with zero attached hydrogens (tertiary/aromatic N) is 6. The number of benzene rings is 23. The first-order valence-corrected chi connectivity index (χ1v) is 48.0. The Balaban J connectivity index is 0.000000106. The highest BCUT2D eigenvalue weighted by Gasteiger charge is 2.28. The molecule has 0 spiro atoms. The summed E-state index contributed by atoms with van der Waals surface area (Å²) in [5, 5.41) is 30.4. The van der Waals surface area contributed by atoms with Crippen LogP contribution in [0.4, 0.5) is 0 Å². The maximum absolute atomic E-state index is 7.04. The second-order valence-corrected chi connectivity index (χ2v) is 38.2. The average Bonchev–Trinajstić information content (AvgIpc) is 1.30. The standard InChI is InChI=1S/C48H28N2O.C42H30N2O.C41H28N2O/c1-3-17-33-29(12-1)14-10-23-35(33)40-24-11-25-41-44-34-18-4-2-13-31(34)27-42(48(44)51-47(40)41)30-15-9-16-32(26-30)43-28-49-45-38-21-7-5-19-36(38)37-20-6-8-22-39(37)46(45)50-43;1-42(2,3)35-21-11-20-33-37-28-15-5-4-12-26(28)23-34(41(37)45-40(33)35)25-13-10-14-27(22-25)36-24-43-38-31-18-8-6-16-29(31)30-17-7-9-19-32(30)39(38)44-36;1-24(2)28-19-10-20-34-37-29-14-4-3-11-26(29)22-35(41(37)44-40(28)34)25-12-9-13-27(21-25)36-23-42-38-32-17-7-5-15-30(32)31-16-6-8-18-33(31)39(38)43-36/h1-28H;4-24H,1-3H3;3-24H,1-2H3. The van der Waals surface area contributed by atoms with Gasteiger partial charge in [0, 0.05) is 109 Å². The Morgan fingerprint density at radius 3 is 0.857 bits per heavy atom. The van der Waals surface area contributed by atoms with Crippen molar-refractivity contribution in [2.75, 3.05) is 0 Å². The van der Waals surface area contributed by atoms with Crippen LogP contribution in [0.25, 0.3) is 285 Å². The van der Waals surface area contributed by atoms with Crippen molar-refractivity contribution in [3.8, 4) is 78.3 Å². The van der Waals surface area contributed by atoms with Gasteiger partial charge in [0.25, 0.3) is 0 Å². The third-order valence-electron chi connectivity index (χ3n) is 28.7. The molecule has 0 fully saturated rings. The van der Waals surface area contributed by atoms with Gasteiger partial charge in [-0.05, 0) is 151 Å². The normalized spacial score (nSPS) is 12.1. The van der Waals surface area contributed by atoms with E-state index in [-0.39, 0.29) is 5.41 Å². The van der Waals surface area contributed by atoms with Gasteiger partial charge in [-0.1, -0.05) is 405 Å². The van der Waals surface area contributed by atoms with E-state index < -0.39 is 0 Å². The van der Waals surface area contributed by atoms with Gasteiger partial charge in [-0.2, -0.15) is 0 Å². The molecule has 29 rings (SSSR count). The van der Waals surface area contributed by atoms with E-state index in [2.05, 4.69) is 441 Å². The van der Waals surface area contributed by atoms with Crippen molar-refractivity contribution in [1.29, 1.82) is 0 Å². The Hall–Kier alpha value is -17.9. The molecular weight excluding hydrogens is 1710 g/mol. The first kappa shape index (κ1) is 81.6. The lowest BCUT2D eigenvalue weighted by Crippen LogP contribution is -2.10. The molecular formula is C131H86N6O3. The number of rotatable bonds is 8. The number of hydrogen-bond donors (Lipinski definition) is 0. The molecule has 0 amide bonds. The molecule has 0 N–H and O–H groups in total. The van der Waals surface area contributed by atoms with Gasteiger partial charge < -0.3 is 13.3 Å². The summed E-state index contributed by atoms with van der Waals surface area (Å²) < 4.78 is 20.7. The molecule has 0 aliphatic rings. The third kappa shape index (κ3) is 13.2. The summed E-state index contributed by atoms with van der Waals surface area (Å²) in [4.78, 5) is 30.8. The minimum absolute atomic E-state index is 0.0481. The van der Waals surface area contributed by atoms with Crippen LogP contribution in [0, 0.1) is 0 Å². The Morgan fingerprint density at radius 1 is 0.200 bits per heavy atom. The Morgan fingerprint density at radius 2 is 0.471 bits per heavy atom. The minimum atomic E-state index is -0.0481. The molecule has 6 aromatic heterocycles. The highest BCUT2D eigenvalue weighted by atomic mass is 16.3. The topological polar surface area (TPSA) is 117 Å². The smallest absolute Gasteiger partial charge is 0.143 e. The van der Waals surface area contributed by atoms with E-state index in [0.29, 0.717) is 5.92 Å². The van der Waals surface area contributed by atoms with Crippen molar-refractivity contribution in [1.82, 2.24) is 29.9 Å². The van der Waals surface area contributed by atoms with Gasteiger partial charge in [0.05, 0.1) is 68.8 Å². The van der Waals surface area contributed by atoms with Crippen molar-refractivity contribution >= 4 is 207 Å². The Labute approximate surface area is 804 Å². The molecule has 0 unspecified atom stereocenters. The van der Waals surface area contributed by atoms with E-state index in [9.17, 15) is 0 Å². The molecule has 0 atom stereocenters.